The maximum absolute atomic E-state index is 13.9. The molecule has 2 saturated heterocycles. The van der Waals surface area contributed by atoms with Crippen molar-refractivity contribution in [3.05, 3.63) is 30.1 Å². The molecule has 2 aliphatic heterocycles. The number of piperazine rings is 2. The Morgan fingerprint density at radius 1 is 1.07 bits per heavy atom. The van der Waals surface area contributed by atoms with Crippen LogP contribution in [0.15, 0.2) is 24.3 Å². The van der Waals surface area contributed by atoms with Gasteiger partial charge in [0.15, 0.2) is 0 Å². The van der Waals surface area contributed by atoms with Crippen molar-refractivity contribution in [3.8, 4) is 0 Å². The highest BCUT2D eigenvalue weighted by Gasteiger charge is 2.37. The molecule has 1 saturated carbocycles. The fourth-order valence-electron chi connectivity index (χ4n) is 4.48. The average Bonchev–Trinajstić information content (AvgIpc) is 2.69. The van der Waals surface area contributed by atoms with E-state index in [9.17, 15) is 14.0 Å². The fraction of sp³-hybridized carbons (Fsp3) is 0.600. The van der Waals surface area contributed by atoms with E-state index in [-0.39, 0.29) is 36.1 Å². The SMILES string of the molecule is O=C1N[C@H]2CCCC[C@H]2N[C@H]1CC(=O)N1CCN(c2ccccc2F)CC1. The molecule has 27 heavy (non-hydrogen) atoms. The minimum Gasteiger partial charge on any atom is -0.366 e. The second-order valence-electron chi connectivity index (χ2n) is 7.75. The zero-order valence-electron chi connectivity index (χ0n) is 15.5. The van der Waals surface area contributed by atoms with Gasteiger partial charge in [-0.25, -0.2) is 4.39 Å². The Kier molecular flexibility index (Phi) is 5.29. The topological polar surface area (TPSA) is 64.7 Å². The Balaban J connectivity index is 1.31. The van der Waals surface area contributed by atoms with Crippen LogP contribution in [0, 0.1) is 5.82 Å². The van der Waals surface area contributed by atoms with E-state index in [2.05, 4.69) is 10.6 Å². The van der Waals surface area contributed by atoms with E-state index in [0.29, 0.717) is 31.9 Å². The molecule has 1 aliphatic carbocycles. The molecular weight excluding hydrogens is 347 g/mol. The summed E-state index contributed by atoms with van der Waals surface area (Å²) in [5.74, 6) is -0.302. The van der Waals surface area contributed by atoms with Gasteiger partial charge >= 0.3 is 0 Å². The van der Waals surface area contributed by atoms with Gasteiger partial charge in [0.1, 0.15) is 5.82 Å². The summed E-state index contributed by atoms with van der Waals surface area (Å²) in [4.78, 5) is 28.8. The van der Waals surface area contributed by atoms with Crippen LogP contribution in [0.1, 0.15) is 32.1 Å². The normalized spacial score (nSPS) is 28.5. The number of nitrogens with one attached hydrogen (secondary N) is 2. The van der Waals surface area contributed by atoms with Crippen LogP contribution in [0.25, 0.3) is 0 Å². The first-order valence-corrected chi connectivity index (χ1v) is 9.95. The highest BCUT2D eigenvalue weighted by molar-refractivity contribution is 5.89. The summed E-state index contributed by atoms with van der Waals surface area (Å²) in [6.45, 7) is 2.30. The highest BCUT2D eigenvalue weighted by atomic mass is 19.1. The molecule has 3 fully saturated rings. The molecule has 7 heteroatoms. The Morgan fingerprint density at radius 3 is 2.52 bits per heavy atom. The first-order valence-electron chi connectivity index (χ1n) is 9.95. The Labute approximate surface area is 159 Å². The van der Waals surface area contributed by atoms with Crippen molar-refractivity contribution in [2.45, 2.75) is 50.2 Å². The minimum atomic E-state index is -0.443. The van der Waals surface area contributed by atoms with Crippen LogP contribution < -0.4 is 15.5 Å². The van der Waals surface area contributed by atoms with Crippen molar-refractivity contribution < 1.29 is 14.0 Å². The Hall–Kier alpha value is -2.15. The van der Waals surface area contributed by atoms with Gasteiger partial charge in [-0.1, -0.05) is 25.0 Å². The lowest BCUT2D eigenvalue weighted by Gasteiger charge is -2.41. The molecule has 0 unspecified atom stereocenters. The van der Waals surface area contributed by atoms with Crippen LogP contribution in [-0.2, 0) is 9.59 Å². The third-order valence-corrected chi connectivity index (χ3v) is 6.03. The second kappa shape index (κ2) is 7.84. The number of nitrogens with zero attached hydrogens (tertiary/aromatic N) is 2. The van der Waals surface area contributed by atoms with Gasteiger partial charge in [-0.3, -0.25) is 9.59 Å². The van der Waals surface area contributed by atoms with Gasteiger partial charge in [0.2, 0.25) is 11.8 Å². The van der Waals surface area contributed by atoms with Crippen LogP contribution in [0.2, 0.25) is 0 Å². The van der Waals surface area contributed by atoms with E-state index >= 15 is 0 Å². The van der Waals surface area contributed by atoms with Crippen molar-refractivity contribution in [3.63, 3.8) is 0 Å². The van der Waals surface area contributed by atoms with Gasteiger partial charge < -0.3 is 20.4 Å². The molecule has 0 bridgehead atoms. The van der Waals surface area contributed by atoms with Crippen LogP contribution >= 0.6 is 0 Å². The largest absolute Gasteiger partial charge is 0.366 e. The van der Waals surface area contributed by atoms with E-state index in [1.165, 1.54) is 12.5 Å². The molecule has 2 amide bonds. The molecule has 0 radical (unpaired) electrons. The maximum atomic E-state index is 13.9. The van der Waals surface area contributed by atoms with Gasteiger partial charge in [-0.2, -0.15) is 0 Å². The lowest BCUT2D eigenvalue weighted by molar-refractivity contribution is -0.136. The maximum Gasteiger partial charge on any atom is 0.237 e. The highest BCUT2D eigenvalue weighted by Crippen LogP contribution is 2.23. The number of halogens is 1. The molecule has 4 rings (SSSR count). The first kappa shape index (κ1) is 18.2. The van der Waals surface area contributed by atoms with E-state index in [4.69, 9.17) is 0 Å². The number of para-hydroxylation sites is 1. The molecule has 0 aromatic heterocycles. The monoisotopic (exact) mass is 374 g/mol. The molecule has 1 aromatic rings. The summed E-state index contributed by atoms with van der Waals surface area (Å²) >= 11 is 0. The molecule has 2 heterocycles. The standard InChI is InChI=1S/C20H27FN4O2/c21-14-5-1-4-8-18(14)24-9-11-25(12-10-24)19(26)13-17-20(27)23-16-7-3-2-6-15(16)22-17/h1,4-5,8,15-17,22H,2-3,6-7,9-13H2,(H,23,27)/t15-,16+,17+/m1/s1. The Bertz CT molecular complexity index is 705. The smallest absolute Gasteiger partial charge is 0.237 e. The minimum absolute atomic E-state index is 0.00917. The predicted octanol–water partition coefficient (Wildman–Crippen LogP) is 1.26. The van der Waals surface area contributed by atoms with Crippen molar-refractivity contribution in [2.24, 2.45) is 0 Å². The molecule has 2 N–H and O–H groups in total. The number of fused-ring (bicyclic) bond motifs is 1. The quantitative estimate of drug-likeness (QED) is 0.836. The predicted molar refractivity (Wildman–Crippen MR) is 101 cm³/mol. The summed E-state index contributed by atoms with van der Waals surface area (Å²) in [6.07, 6.45) is 4.58. The summed E-state index contributed by atoms with van der Waals surface area (Å²) < 4.78 is 13.9. The van der Waals surface area contributed by atoms with Gasteiger partial charge in [0.25, 0.3) is 0 Å². The summed E-state index contributed by atoms with van der Waals surface area (Å²) in [6, 6.07) is 6.78. The van der Waals surface area contributed by atoms with E-state index < -0.39 is 6.04 Å². The zero-order chi connectivity index (χ0) is 18.8. The van der Waals surface area contributed by atoms with Gasteiger partial charge in [-0.05, 0) is 25.0 Å². The van der Waals surface area contributed by atoms with E-state index in [0.717, 1.165) is 19.3 Å². The molecule has 1 aromatic carbocycles. The fourth-order valence-corrected chi connectivity index (χ4v) is 4.48. The summed E-state index contributed by atoms with van der Waals surface area (Å²) in [7, 11) is 0. The Morgan fingerprint density at radius 2 is 1.78 bits per heavy atom. The molecule has 0 spiro atoms. The van der Waals surface area contributed by atoms with Crippen LogP contribution in [-0.4, -0.2) is 61.0 Å². The number of rotatable bonds is 3. The number of benzene rings is 1. The molecule has 6 nitrogen and oxygen atoms in total. The lowest BCUT2D eigenvalue weighted by atomic mass is 9.87. The summed E-state index contributed by atoms with van der Waals surface area (Å²) in [5, 5.41) is 6.49. The van der Waals surface area contributed by atoms with Gasteiger partial charge in [-0.15, -0.1) is 0 Å². The third-order valence-electron chi connectivity index (χ3n) is 6.03. The van der Waals surface area contributed by atoms with Crippen LogP contribution in [0.5, 0.6) is 0 Å². The second-order valence-corrected chi connectivity index (χ2v) is 7.75. The lowest BCUT2D eigenvalue weighted by Crippen LogP contribution is -2.65. The van der Waals surface area contributed by atoms with Gasteiger partial charge in [0.05, 0.1) is 18.2 Å². The number of anilines is 1. The zero-order valence-corrected chi connectivity index (χ0v) is 15.5. The van der Waals surface area contributed by atoms with Crippen molar-refractivity contribution in [1.29, 1.82) is 0 Å². The number of hydrogen-bond acceptors (Lipinski definition) is 4. The van der Waals surface area contributed by atoms with E-state index in [1.807, 2.05) is 11.0 Å². The molecule has 3 aliphatic rings. The van der Waals surface area contributed by atoms with E-state index in [1.54, 1.807) is 17.0 Å². The number of carbonyl (C=O) groups is 2. The van der Waals surface area contributed by atoms with Crippen molar-refractivity contribution in [2.75, 3.05) is 31.1 Å². The van der Waals surface area contributed by atoms with Gasteiger partial charge in [0, 0.05) is 38.3 Å². The average molecular weight is 374 g/mol. The third kappa shape index (κ3) is 3.93. The number of amides is 2. The van der Waals surface area contributed by atoms with Crippen LogP contribution in [0.4, 0.5) is 10.1 Å². The summed E-state index contributed by atoms with van der Waals surface area (Å²) in [5.41, 5.74) is 0.585. The number of carbonyl (C=O) groups excluding carboxylic acids is 2. The van der Waals surface area contributed by atoms with Crippen LogP contribution in [0.3, 0.4) is 0 Å². The molecule has 146 valence electrons. The first-order chi connectivity index (χ1) is 13.1. The van der Waals surface area contributed by atoms with Crippen molar-refractivity contribution in [1.82, 2.24) is 15.5 Å². The molecule has 3 atom stereocenters. The number of hydrogen-bond donors (Lipinski definition) is 2. The van der Waals surface area contributed by atoms with Crippen molar-refractivity contribution >= 4 is 17.5 Å². The molecular formula is C20H27FN4O2.